The van der Waals surface area contributed by atoms with Crippen molar-refractivity contribution in [1.29, 1.82) is 0 Å². The molecule has 0 saturated carbocycles. The summed E-state index contributed by atoms with van der Waals surface area (Å²) in [5.41, 5.74) is 14.0. The third-order valence-electron chi connectivity index (χ3n) is 4.40. The first-order chi connectivity index (χ1) is 14.9. The number of amidine groups is 1. The van der Waals surface area contributed by atoms with Crippen LogP contribution in [-0.2, 0) is 16.2 Å². The molecule has 160 valence electrons. The number of oxime groups is 1. The van der Waals surface area contributed by atoms with Crippen LogP contribution in [0.2, 0.25) is 0 Å². The molecular weight excluding hydrogens is 402 g/mol. The Morgan fingerprint density at radius 1 is 1.03 bits per heavy atom. The molecule has 1 heterocycles. The molecule has 0 amide bonds. The Labute approximate surface area is 178 Å². The summed E-state index contributed by atoms with van der Waals surface area (Å²) in [5, 5.41) is 3.67. The monoisotopic (exact) mass is 423 g/mol. The maximum atomic E-state index is 12.2. The number of anilines is 1. The predicted molar refractivity (Wildman–Crippen MR) is 113 cm³/mol. The van der Waals surface area contributed by atoms with Gasteiger partial charge in [0.1, 0.15) is 18.1 Å². The number of nitrogens with zero attached hydrogens (tertiary/aromatic N) is 1. The molecule has 0 aliphatic heterocycles. The molecule has 0 radical (unpaired) electrons. The minimum atomic E-state index is -0.807. The third-order valence-corrected chi connectivity index (χ3v) is 4.40. The Hall–Kier alpha value is -4.27. The number of esters is 1. The van der Waals surface area contributed by atoms with Gasteiger partial charge in [-0.3, -0.25) is 0 Å². The van der Waals surface area contributed by atoms with Crippen LogP contribution in [0.3, 0.4) is 0 Å². The first kappa shape index (κ1) is 21.4. The van der Waals surface area contributed by atoms with Crippen molar-refractivity contribution in [2.45, 2.75) is 13.5 Å². The highest BCUT2D eigenvalue weighted by molar-refractivity contribution is 6.00. The molecule has 0 aliphatic carbocycles. The lowest BCUT2D eigenvalue weighted by Crippen LogP contribution is -2.17. The van der Waals surface area contributed by atoms with Gasteiger partial charge >= 0.3 is 11.9 Å². The van der Waals surface area contributed by atoms with Crippen molar-refractivity contribution in [2.75, 3.05) is 12.8 Å². The lowest BCUT2D eigenvalue weighted by Gasteiger charge is -2.06. The van der Waals surface area contributed by atoms with E-state index in [9.17, 15) is 9.59 Å². The summed E-state index contributed by atoms with van der Waals surface area (Å²) in [6.45, 7) is 1.86. The van der Waals surface area contributed by atoms with Gasteiger partial charge in [0, 0.05) is 11.3 Å². The van der Waals surface area contributed by atoms with Crippen molar-refractivity contribution >= 4 is 23.5 Å². The summed E-state index contributed by atoms with van der Waals surface area (Å²) in [6, 6.07) is 14.6. The molecule has 0 unspecified atom stereocenters. The van der Waals surface area contributed by atoms with Crippen LogP contribution in [0, 0.1) is 6.92 Å². The van der Waals surface area contributed by atoms with E-state index in [4.69, 9.17) is 25.5 Å². The molecule has 3 rings (SSSR count). The van der Waals surface area contributed by atoms with Crippen LogP contribution in [0.5, 0.6) is 5.75 Å². The number of hydrogen-bond acceptors (Lipinski definition) is 8. The molecule has 2 aromatic carbocycles. The Morgan fingerprint density at radius 2 is 1.77 bits per heavy atom. The molecule has 1 aromatic heterocycles. The van der Waals surface area contributed by atoms with E-state index in [1.807, 2.05) is 0 Å². The normalized spacial score (nSPS) is 11.1. The smallest absolute Gasteiger partial charge is 0.400 e. The molecular formula is C22H21N3O6. The van der Waals surface area contributed by atoms with E-state index in [1.54, 1.807) is 55.5 Å². The minimum Gasteiger partial charge on any atom is -0.486 e. The third kappa shape index (κ3) is 5.21. The zero-order chi connectivity index (χ0) is 22.4. The summed E-state index contributed by atoms with van der Waals surface area (Å²) in [5.74, 6) is -0.368. The topological polar surface area (TPSA) is 139 Å². The second kappa shape index (κ2) is 9.49. The van der Waals surface area contributed by atoms with Gasteiger partial charge in [-0.2, -0.15) is 0 Å². The average molecular weight is 423 g/mol. The number of carbonyl (C=O) groups excluding carboxylic acids is 2. The van der Waals surface area contributed by atoms with E-state index in [1.165, 1.54) is 13.2 Å². The van der Waals surface area contributed by atoms with Crippen LogP contribution < -0.4 is 16.2 Å². The van der Waals surface area contributed by atoms with Gasteiger partial charge in [0.25, 0.3) is 0 Å². The van der Waals surface area contributed by atoms with Crippen molar-refractivity contribution < 1.29 is 28.3 Å². The fraction of sp³-hybridized carbons (Fsp3) is 0.136. The van der Waals surface area contributed by atoms with Crippen molar-refractivity contribution in [3.8, 4) is 5.75 Å². The highest BCUT2D eigenvalue weighted by Gasteiger charge is 2.15. The van der Waals surface area contributed by atoms with Gasteiger partial charge in [0.05, 0.1) is 12.7 Å². The second-order valence-electron chi connectivity index (χ2n) is 6.45. The van der Waals surface area contributed by atoms with E-state index in [0.29, 0.717) is 28.3 Å². The van der Waals surface area contributed by atoms with Crippen LogP contribution >= 0.6 is 0 Å². The summed E-state index contributed by atoms with van der Waals surface area (Å²) in [7, 11) is 1.31. The van der Waals surface area contributed by atoms with Gasteiger partial charge < -0.3 is 30.2 Å². The largest absolute Gasteiger partial charge is 0.486 e. The quantitative estimate of drug-likeness (QED) is 0.148. The Bertz CT molecular complexity index is 1120. The van der Waals surface area contributed by atoms with Gasteiger partial charge in [0.15, 0.2) is 5.84 Å². The lowest BCUT2D eigenvalue weighted by atomic mass is 10.1. The molecule has 31 heavy (non-hydrogen) atoms. The standard InChI is InChI=1S/C22H21N3O6/c1-13-17(4-3-5-18(13)23)20(24)25-31-22(27)19-11-10-16(30-19)12-29-15-8-6-14(7-9-15)21(26)28-2/h3-11H,12,23H2,1-2H3,(H2,24,25). The molecule has 9 heteroatoms. The number of nitrogens with two attached hydrogens (primary N) is 2. The lowest BCUT2D eigenvalue weighted by molar-refractivity contribution is 0.0475. The Kier molecular flexibility index (Phi) is 6.56. The van der Waals surface area contributed by atoms with E-state index >= 15 is 0 Å². The summed E-state index contributed by atoms with van der Waals surface area (Å²) in [6.07, 6.45) is 0. The van der Waals surface area contributed by atoms with Crippen molar-refractivity contribution in [1.82, 2.24) is 0 Å². The fourth-order valence-electron chi connectivity index (χ4n) is 2.64. The van der Waals surface area contributed by atoms with Gasteiger partial charge in [-0.15, -0.1) is 0 Å². The van der Waals surface area contributed by atoms with E-state index < -0.39 is 11.9 Å². The average Bonchev–Trinajstić information content (AvgIpc) is 3.26. The summed E-state index contributed by atoms with van der Waals surface area (Å²) < 4.78 is 15.6. The van der Waals surface area contributed by atoms with Crippen LogP contribution in [0.4, 0.5) is 5.69 Å². The molecule has 9 nitrogen and oxygen atoms in total. The maximum Gasteiger partial charge on any atom is 0.400 e. The van der Waals surface area contributed by atoms with E-state index in [-0.39, 0.29) is 18.2 Å². The molecule has 0 fully saturated rings. The molecule has 0 atom stereocenters. The number of carbonyl (C=O) groups is 2. The molecule has 0 saturated heterocycles. The molecule has 0 aliphatic rings. The predicted octanol–water partition coefficient (Wildman–Crippen LogP) is 3.01. The van der Waals surface area contributed by atoms with E-state index in [0.717, 1.165) is 5.56 Å². The number of hydrogen-bond donors (Lipinski definition) is 2. The first-order valence-corrected chi connectivity index (χ1v) is 9.19. The van der Waals surface area contributed by atoms with E-state index in [2.05, 4.69) is 9.89 Å². The molecule has 0 spiro atoms. The summed E-state index contributed by atoms with van der Waals surface area (Å²) >= 11 is 0. The number of methoxy groups -OCH3 is 1. The second-order valence-corrected chi connectivity index (χ2v) is 6.45. The van der Waals surface area contributed by atoms with Gasteiger partial charge in [-0.25, -0.2) is 9.59 Å². The molecule has 4 N–H and O–H groups in total. The van der Waals surface area contributed by atoms with Crippen molar-refractivity contribution in [2.24, 2.45) is 10.9 Å². The number of benzene rings is 2. The summed E-state index contributed by atoms with van der Waals surface area (Å²) in [4.78, 5) is 28.5. The van der Waals surface area contributed by atoms with Crippen molar-refractivity contribution in [3.63, 3.8) is 0 Å². The molecule has 0 bridgehead atoms. The number of furan rings is 1. The zero-order valence-corrected chi connectivity index (χ0v) is 17.0. The highest BCUT2D eigenvalue weighted by Crippen LogP contribution is 2.17. The SMILES string of the molecule is COC(=O)c1ccc(OCc2ccc(C(=O)O/N=C(\N)c3cccc(N)c3C)o2)cc1. The number of nitrogen functional groups attached to an aromatic ring is 1. The number of rotatable bonds is 7. The Balaban J connectivity index is 1.58. The highest BCUT2D eigenvalue weighted by atomic mass is 16.7. The van der Waals surface area contributed by atoms with Crippen LogP contribution in [0.1, 0.15) is 37.8 Å². The minimum absolute atomic E-state index is 0.0173. The van der Waals surface area contributed by atoms with Gasteiger partial charge in [-0.05, 0) is 55.0 Å². The van der Waals surface area contributed by atoms with Crippen molar-refractivity contribution in [3.05, 3.63) is 82.8 Å². The first-order valence-electron chi connectivity index (χ1n) is 9.19. The zero-order valence-electron chi connectivity index (χ0n) is 17.0. The van der Waals surface area contributed by atoms with Gasteiger partial charge in [-0.1, -0.05) is 17.3 Å². The van der Waals surface area contributed by atoms with Gasteiger partial charge in [0.2, 0.25) is 5.76 Å². The maximum absolute atomic E-state index is 12.2. The fourth-order valence-corrected chi connectivity index (χ4v) is 2.64. The van der Waals surface area contributed by atoms with Crippen LogP contribution in [-0.4, -0.2) is 24.9 Å². The Morgan fingerprint density at radius 3 is 2.48 bits per heavy atom. The van der Waals surface area contributed by atoms with Crippen LogP contribution in [0.15, 0.2) is 64.2 Å². The van der Waals surface area contributed by atoms with Crippen LogP contribution in [0.25, 0.3) is 0 Å². The number of ether oxygens (including phenoxy) is 2. The molecule has 3 aromatic rings.